The van der Waals surface area contributed by atoms with E-state index in [1.165, 1.54) is 51.9 Å². The average molecular weight is 206 g/mol. The fourth-order valence-electron chi connectivity index (χ4n) is 2.44. The van der Waals surface area contributed by atoms with Gasteiger partial charge in [-0.25, -0.2) is 0 Å². The van der Waals surface area contributed by atoms with Crippen molar-refractivity contribution in [3.05, 3.63) is 0 Å². The molecule has 0 spiro atoms. The smallest absolute Gasteiger partial charge is 0.0599 e. The number of terminal acetylenes is 1. The molecule has 1 heterocycles. The van der Waals surface area contributed by atoms with E-state index < -0.39 is 0 Å². The molecule has 1 unspecified atom stereocenters. The molecular weight excluding hydrogens is 184 g/mol. The van der Waals surface area contributed by atoms with Crippen molar-refractivity contribution in [2.45, 2.75) is 25.7 Å². The summed E-state index contributed by atoms with van der Waals surface area (Å²) in [6.07, 6.45) is 11.0. The molecule has 1 atom stereocenters. The predicted molar refractivity (Wildman–Crippen MR) is 63.6 cm³/mol. The van der Waals surface area contributed by atoms with Crippen molar-refractivity contribution in [3.63, 3.8) is 0 Å². The molecule has 0 amide bonds. The van der Waals surface area contributed by atoms with E-state index in [-0.39, 0.29) is 0 Å². The lowest BCUT2D eigenvalue weighted by Gasteiger charge is -2.29. The number of piperidine rings is 1. The molecule has 2 nitrogen and oxygen atoms in total. The Bertz CT molecular complexity index is 221. The quantitative estimate of drug-likeness (QED) is 0.683. The summed E-state index contributed by atoms with van der Waals surface area (Å²) in [5.74, 6) is 4.57. The molecule has 1 N–H and O–H groups in total. The van der Waals surface area contributed by atoms with Gasteiger partial charge in [0.2, 0.25) is 0 Å². The van der Waals surface area contributed by atoms with E-state index in [2.05, 4.69) is 16.1 Å². The van der Waals surface area contributed by atoms with E-state index in [0.717, 1.165) is 18.4 Å². The first-order chi connectivity index (χ1) is 7.38. The topological polar surface area (TPSA) is 15.3 Å². The summed E-state index contributed by atoms with van der Waals surface area (Å²) in [6.45, 7) is 5.67. The second kappa shape index (κ2) is 5.53. The van der Waals surface area contributed by atoms with Gasteiger partial charge in [-0.2, -0.15) is 0 Å². The SMILES string of the molecule is C#CCN(CC1CC1)CC1CCCNC1. The molecule has 1 saturated carbocycles. The van der Waals surface area contributed by atoms with Gasteiger partial charge < -0.3 is 5.32 Å². The highest BCUT2D eigenvalue weighted by Gasteiger charge is 2.25. The molecule has 2 heteroatoms. The number of hydrogen-bond acceptors (Lipinski definition) is 2. The Labute approximate surface area is 93.4 Å². The molecule has 2 aliphatic rings. The maximum Gasteiger partial charge on any atom is 0.0599 e. The number of rotatable bonds is 5. The first-order valence-corrected chi connectivity index (χ1v) is 6.25. The summed E-state index contributed by atoms with van der Waals surface area (Å²) >= 11 is 0. The minimum Gasteiger partial charge on any atom is -0.316 e. The summed E-state index contributed by atoms with van der Waals surface area (Å²) < 4.78 is 0. The molecule has 2 fully saturated rings. The van der Waals surface area contributed by atoms with Crippen molar-refractivity contribution in [1.82, 2.24) is 10.2 Å². The zero-order valence-electron chi connectivity index (χ0n) is 9.54. The van der Waals surface area contributed by atoms with Crippen molar-refractivity contribution < 1.29 is 0 Å². The highest BCUT2D eigenvalue weighted by molar-refractivity contribution is 4.91. The molecule has 84 valence electrons. The van der Waals surface area contributed by atoms with Crippen LogP contribution in [-0.2, 0) is 0 Å². The monoisotopic (exact) mass is 206 g/mol. The molecule has 0 radical (unpaired) electrons. The number of nitrogens with one attached hydrogen (secondary N) is 1. The Balaban J connectivity index is 1.73. The van der Waals surface area contributed by atoms with E-state index in [4.69, 9.17) is 6.42 Å². The maximum absolute atomic E-state index is 5.42. The third-order valence-corrected chi connectivity index (χ3v) is 3.44. The van der Waals surface area contributed by atoms with E-state index in [1.54, 1.807) is 0 Å². The summed E-state index contributed by atoms with van der Waals surface area (Å²) in [6, 6.07) is 0. The Hall–Kier alpha value is -0.520. The molecule has 0 bridgehead atoms. The van der Waals surface area contributed by atoms with Gasteiger partial charge in [0.1, 0.15) is 0 Å². The lowest BCUT2D eigenvalue weighted by Crippen LogP contribution is -2.39. The van der Waals surface area contributed by atoms with Crippen LogP contribution in [-0.4, -0.2) is 37.6 Å². The van der Waals surface area contributed by atoms with Gasteiger partial charge in [0.15, 0.2) is 0 Å². The molecule has 1 saturated heterocycles. The third-order valence-electron chi connectivity index (χ3n) is 3.44. The van der Waals surface area contributed by atoms with E-state index in [1.807, 2.05) is 0 Å². The zero-order chi connectivity index (χ0) is 10.5. The van der Waals surface area contributed by atoms with E-state index in [9.17, 15) is 0 Å². The second-order valence-electron chi connectivity index (χ2n) is 5.05. The van der Waals surface area contributed by atoms with Crippen LogP contribution in [0.3, 0.4) is 0 Å². The largest absolute Gasteiger partial charge is 0.316 e. The van der Waals surface area contributed by atoms with Crippen molar-refractivity contribution in [2.75, 3.05) is 32.7 Å². The molecule has 15 heavy (non-hydrogen) atoms. The molecule has 1 aliphatic heterocycles. The lowest BCUT2D eigenvalue weighted by atomic mass is 9.99. The summed E-state index contributed by atoms with van der Waals surface area (Å²) in [5, 5.41) is 3.47. The van der Waals surface area contributed by atoms with E-state index >= 15 is 0 Å². The lowest BCUT2D eigenvalue weighted by molar-refractivity contribution is 0.221. The Morgan fingerprint density at radius 3 is 2.60 bits per heavy atom. The van der Waals surface area contributed by atoms with Crippen molar-refractivity contribution in [2.24, 2.45) is 11.8 Å². The minimum atomic E-state index is 0.825. The van der Waals surface area contributed by atoms with Crippen LogP contribution in [0.5, 0.6) is 0 Å². The van der Waals surface area contributed by atoms with Crippen LogP contribution in [0.4, 0.5) is 0 Å². The van der Waals surface area contributed by atoms with Crippen molar-refractivity contribution in [1.29, 1.82) is 0 Å². The van der Waals surface area contributed by atoms with Gasteiger partial charge in [-0.15, -0.1) is 6.42 Å². The van der Waals surface area contributed by atoms with E-state index in [0.29, 0.717) is 0 Å². The van der Waals surface area contributed by atoms with Crippen LogP contribution >= 0.6 is 0 Å². The normalized spacial score (nSPS) is 26.5. The Morgan fingerprint density at radius 2 is 2.00 bits per heavy atom. The minimum absolute atomic E-state index is 0.825. The van der Waals surface area contributed by atoms with Crippen molar-refractivity contribution >= 4 is 0 Å². The summed E-state index contributed by atoms with van der Waals surface area (Å²) in [7, 11) is 0. The molecule has 1 aliphatic carbocycles. The summed E-state index contributed by atoms with van der Waals surface area (Å²) in [4.78, 5) is 2.48. The molecule has 2 rings (SSSR count). The number of hydrogen-bond donors (Lipinski definition) is 1. The van der Waals surface area contributed by atoms with Gasteiger partial charge in [0.05, 0.1) is 6.54 Å². The molecule has 0 aromatic heterocycles. The molecule has 0 aromatic rings. The molecule has 0 aromatic carbocycles. The maximum atomic E-state index is 5.42. The van der Waals surface area contributed by atoms with Gasteiger partial charge in [0, 0.05) is 13.1 Å². The van der Waals surface area contributed by atoms with Crippen LogP contribution in [0, 0.1) is 24.2 Å². The van der Waals surface area contributed by atoms with Crippen LogP contribution in [0.1, 0.15) is 25.7 Å². The van der Waals surface area contributed by atoms with Gasteiger partial charge in [-0.05, 0) is 50.6 Å². The van der Waals surface area contributed by atoms with Gasteiger partial charge in [0.25, 0.3) is 0 Å². The summed E-state index contributed by atoms with van der Waals surface area (Å²) in [5.41, 5.74) is 0. The molecular formula is C13H22N2. The Morgan fingerprint density at radius 1 is 1.20 bits per heavy atom. The standard InChI is InChI=1S/C13H22N2/c1-2-8-15(10-12-5-6-12)11-13-4-3-7-14-9-13/h1,12-14H,3-11H2. The fourth-order valence-corrected chi connectivity index (χ4v) is 2.44. The second-order valence-corrected chi connectivity index (χ2v) is 5.05. The van der Waals surface area contributed by atoms with Crippen molar-refractivity contribution in [3.8, 4) is 12.3 Å². The van der Waals surface area contributed by atoms with Crippen LogP contribution in [0.2, 0.25) is 0 Å². The van der Waals surface area contributed by atoms with Crippen LogP contribution < -0.4 is 5.32 Å². The third kappa shape index (κ3) is 3.85. The first kappa shape index (κ1) is 11.0. The van der Waals surface area contributed by atoms with Gasteiger partial charge >= 0.3 is 0 Å². The fraction of sp³-hybridized carbons (Fsp3) is 0.846. The highest BCUT2D eigenvalue weighted by atomic mass is 15.1. The van der Waals surface area contributed by atoms with Crippen LogP contribution in [0.15, 0.2) is 0 Å². The first-order valence-electron chi connectivity index (χ1n) is 6.25. The average Bonchev–Trinajstić information content (AvgIpc) is 3.03. The number of nitrogens with zero attached hydrogens (tertiary/aromatic N) is 1. The van der Waals surface area contributed by atoms with Gasteiger partial charge in [-0.1, -0.05) is 5.92 Å². The Kier molecular flexibility index (Phi) is 4.05. The predicted octanol–water partition coefficient (Wildman–Crippen LogP) is 1.33. The van der Waals surface area contributed by atoms with Gasteiger partial charge in [-0.3, -0.25) is 4.90 Å². The zero-order valence-corrected chi connectivity index (χ0v) is 9.54. The van der Waals surface area contributed by atoms with Crippen LogP contribution in [0.25, 0.3) is 0 Å². The highest BCUT2D eigenvalue weighted by Crippen LogP contribution is 2.30.